The summed E-state index contributed by atoms with van der Waals surface area (Å²) in [5.41, 5.74) is 5.46. The van der Waals surface area contributed by atoms with Crippen LogP contribution in [-0.2, 0) is 9.53 Å². The van der Waals surface area contributed by atoms with Gasteiger partial charge in [0, 0.05) is 25.1 Å². The number of nitrogens with two attached hydrogens (primary N) is 1. The maximum Gasteiger partial charge on any atom is 0.246 e. The molecule has 1 amide bonds. The van der Waals surface area contributed by atoms with Crippen molar-refractivity contribution < 1.29 is 24.9 Å². The van der Waals surface area contributed by atoms with E-state index >= 15 is 0 Å². The second-order valence-electron chi connectivity index (χ2n) is 3.92. The molecule has 1 rings (SSSR count). The van der Waals surface area contributed by atoms with Crippen molar-refractivity contribution in [1.82, 2.24) is 4.90 Å². The Bertz CT molecular complexity index is 351. The lowest BCUT2D eigenvalue weighted by molar-refractivity contribution is -0.124. The van der Waals surface area contributed by atoms with Gasteiger partial charge in [-0.15, -0.1) is 0 Å². The van der Waals surface area contributed by atoms with Crippen LogP contribution in [0.1, 0.15) is 6.42 Å². The Morgan fingerprint density at radius 2 is 2.28 bits per heavy atom. The lowest BCUT2D eigenvalue weighted by Gasteiger charge is -2.32. The average molecular weight is 258 g/mol. The zero-order valence-electron chi connectivity index (χ0n) is 10.1. The molecule has 0 aromatic carbocycles. The quantitative estimate of drug-likeness (QED) is 0.449. The summed E-state index contributed by atoms with van der Waals surface area (Å²) in [4.78, 5) is 12.3. The standard InChI is InChI=1S/C11H18N2O5/c1-18-8(6-14)9(15)11(17)13-4-2-3-7(5-13)10(12)16/h2,4-5,8-9,11,14-15,17H,3,6H2,1H3,(H2,12,16)/t8?,9?,11-/m0/s1. The first-order chi connectivity index (χ1) is 8.51. The van der Waals surface area contributed by atoms with Gasteiger partial charge in [-0.05, 0) is 6.42 Å². The molecule has 5 N–H and O–H groups in total. The molecule has 18 heavy (non-hydrogen) atoms. The lowest BCUT2D eigenvalue weighted by atomic mass is 10.1. The summed E-state index contributed by atoms with van der Waals surface area (Å²) < 4.78 is 4.82. The zero-order chi connectivity index (χ0) is 13.7. The second-order valence-corrected chi connectivity index (χ2v) is 3.92. The molecule has 0 spiro atoms. The minimum atomic E-state index is -1.34. The number of hydrogen-bond donors (Lipinski definition) is 4. The van der Waals surface area contributed by atoms with Gasteiger partial charge >= 0.3 is 0 Å². The molecule has 0 radical (unpaired) electrons. The molecule has 0 bridgehead atoms. The third kappa shape index (κ3) is 3.30. The van der Waals surface area contributed by atoms with Gasteiger partial charge in [-0.3, -0.25) is 4.79 Å². The second kappa shape index (κ2) is 6.50. The molecule has 102 valence electrons. The third-order valence-electron chi connectivity index (χ3n) is 2.71. The fraction of sp³-hybridized carbons (Fsp3) is 0.545. The van der Waals surface area contributed by atoms with Crippen molar-refractivity contribution in [3.05, 3.63) is 24.0 Å². The normalized spacial score (nSPS) is 20.2. The van der Waals surface area contributed by atoms with Gasteiger partial charge in [0.05, 0.1) is 6.61 Å². The number of amides is 1. The van der Waals surface area contributed by atoms with Crippen molar-refractivity contribution in [2.75, 3.05) is 13.7 Å². The molecule has 3 atom stereocenters. The minimum absolute atomic E-state index is 0.321. The largest absolute Gasteiger partial charge is 0.394 e. The summed E-state index contributed by atoms with van der Waals surface area (Å²) in [5, 5.41) is 28.7. The van der Waals surface area contributed by atoms with Gasteiger partial charge in [0.2, 0.25) is 5.91 Å². The molecule has 0 aromatic heterocycles. The predicted octanol–water partition coefficient (Wildman–Crippen LogP) is -1.74. The van der Waals surface area contributed by atoms with E-state index in [0.29, 0.717) is 12.0 Å². The van der Waals surface area contributed by atoms with Crippen molar-refractivity contribution in [2.24, 2.45) is 5.73 Å². The molecule has 0 fully saturated rings. The number of aliphatic hydroxyl groups excluding tert-OH is 3. The van der Waals surface area contributed by atoms with E-state index in [-0.39, 0.29) is 0 Å². The number of carbonyl (C=O) groups is 1. The van der Waals surface area contributed by atoms with Gasteiger partial charge in [-0.2, -0.15) is 0 Å². The number of aliphatic hydroxyl groups is 3. The molecule has 7 heteroatoms. The van der Waals surface area contributed by atoms with E-state index in [1.807, 2.05) is 0 Å². The summed E-state index contributed by atoms with van der Waals surface area (Å²) in [6.07, 6.45) is 1.31. The van der Waals surface area contributed by atoms with Crippen molar-refractivity contribution in [1.29, 1.82) is 0 Å². The average Bonchev–Trinajstić information content (AvgIpc) is 2.39. The van der Waals surface area contributed by atoms with Crippen LogP contribution in [-0.4, -0.2) is 58.3 Å². The van der Waals surface area contributed by atoms with Crippen molar-refractivity contribution in [2.45, 2.75) is 24.9 Å². The first-order valence-electron chi connectivity index (χ1n) is 5.45. The van der Waals surface area contributed by atoms with Crippen LogP contribution in [0.3, 0.4) is 0 Å². The monoisotopic (exact) mass is 258 g/mol. The van der Waals surface area contributed by atoms with E-state index in [1.165, 1.54) is 24.4 Å². The van der Waals surface area contributed by atoms with Crippen molar-refractivity contribution >= 4 is 5.91 Å². The van der Waals surface area contributed by atoms with Crippen LogP contribution in [0, 0.1) is 0 Å². The van der Waals surface area contributed by atoms with E-state index in [0.717, 1.165) is 0 Å². The summed E-state index contributed by atoms with van der Waals surface area (Å²) in [7, 11) is 1.31. The Hall–Kier alpha value is -1.41. The minimum Gasteiger partial charge on any atom is -0.394 e. The highest BCUT2D eigenvalue weighted by atomic mass is 16.5. The molecule has 1 heterocycles. The smallest absolute Gasteiger partial charge is 0.246 e. The van der Waals surface area contributed by atoms with E-state index in [4.69, 9.17) is 15.6 Å². The SMILES string of the molecule is COC(CO)C(O)[C@H](O)N1C=CCC(C(N)=O)=C1. The van der Waals surface area contributed by atoms with Crippen LogP contribution in [0.4, 0.5) is 0 Å². The van der Waals surface area contributed by atoms with Crippen LogP contribution in [0.2, 0.25) is 0 Å². The molecule has 7 nitrogen and oxygen atoms in total. The molecule has 0 saturated heterocycles. The van der Waals surface area contributed by atoms with Gasteiger partial charge in [-0.25, -0.2) is 0 Å². The highest BCUT2D eigenvalue weighted by Gasteiger charge is 2.29. The number of ether oxygens (including phenoxy) is 1. The van der Waals surface area contributed by atoms with Gasteiger partial charge in [0.15, 0.2) is 6.23 Å². The number of nitrogens with zero attached hydrogens (tertiary/aromatic N) is 1. The topological polar surface area (TPSA) is 116 Å². The lowest BCUT2D eigenvalue weighted by Crippen LogP contribution is -2.47. The van der Waals surface area contributed by atoms with E-state index < -0.39 is 30.9 Å². The van der Waals surface area contributed by atoms with E-state index in [1.54, 1.807) is 6.08 Å². The van der Waals surface area contributed by atoms with Crippen LogP contribution < -0.4 is 5.73 Å². The molecule has 0 aliphatic carbocycles. The Morgan fingerprint density at radius 3 is 2.78 bits per heavy atom. The number of primary amides is 1. The number of hydrogen-bond acceptors (Lipinski definition) is 6. The molecular weight excluding hydrogens is 240 g/mol. The summed E-state index contributed by atoms with van der Waals surface area (Å²) in [6, 6.07) is 0. The Balaban J connectivity index is 2.77. The Kier molecular flexibility index (Phi) is 5.29. The predicted molar refractivity (Wildman–Crippen MR) is 62.8 cm³/mol. The number of rotatable bonds is 6. The van der Waals surface area contributed by atoms with Gasteiger partial charge in [0.25, 0.3) is 0 Å². The molecule has 0 saturated carbocycles. The van der Waals surface area contributed by atoms with Crippen LogP contribution in [0.25, 0.3) is 0 Å². The zero-order valence-corrected chi connectivity index (χ0v) is 10.1. The van der Waals surface area contributed by atoms with Gasteiger partial charge in [0.1, 0.15) is 12.2 Å². The van der Waals surface area contributed by atoms with E-state index in [9.17, 15) is 15.0 Å². The number of methoxy groups -OCH3 is 1. The van der Waals surface area contributed by atoms with Crippen molar-refractivity contribution in [3.63, 3.8) is 0 Å². The van der Waals surface area contributed by atoms with E-state index in [2.05, 4.69) is 0 Å². The molecule has 1 aliphatic rings. The third-order valence-corrected chi connectivity index (χ3v) is 2.71. The first kappa shape index (κ1) is 14.7. The summed E-state index contributed by atoms with van der Waals surface area (Å²) >= 11 is 0. The molecular formula is C11H18N2O5. The highest BCUT2D eigenvalue weighted by molar-refractivity contribution is 5.92. The summed E-state index contributed by atoms with van der Waals surface area (Å²) in [6.45, 7) is -0.432. The Labute approximate surface area is 105 Å². The van der Waals surface area contributed by atoms with Gasteiger partial charge < -0.3 is 30.7 Å². The molecule has 2 unspecified atom stereocenters. The van der Waals surface area contributed by atoms with Gasteiger partial charge in [-0.1, -0.05) is 6.08 Å². The number of carbonyl (C=O) groups excluding carboxylic acids is 1. The van der Waals surface area contributed by atoms with Crippen LogP contribution in [0.5, 0.6) is 0 Å². The van der Waals surface area contributed by atoms with Crippen molar-refractivity contribution in [3.8, 4) is 0 Å². The molecule has 0 aromatic rings. The highest BCUT2D eigenvalue weighted by Crippen LogP contribution is 2.16. The maximum absolute atomic E-state index is 11.0. The fourth-order valence-corrected chi connectivity index (χ4v) is 1.60. The Morgan fingerprint density at radius 1 is 1.61 bits per heavy atom. The fourth-order valence-electron chi connectivity index (χ4n) is 1.60. The van der Waals surface area contributed by atoms with Crippen LogP contribution in [0.15, 0.2) is 24.0 Å². The van der Waals surface area contributed by atoms with Crippen LogP contribution >= 0.6 is 0 Å². The first-order valence-corrected chi connectivity index (χ1v) is 5.45. The maximum atomic E-state index is 11.0. The molecule has 1 aliphatic heterocycles. The summed E-state index contributed by atoms with van der Waals surface area (Å²) in [5.74, 6) is -0.587. The number of allylic oxidation sites excluding steroid dienone is 1.